The van der Waals surface area contributed by atoms with Crippen molar-refractivity contribution in [3.05, 3.63) is 29.8 Å². The maximum Gasteiger partial charge on any atom is 0.0367 e. The Hall–Kier alpha value is -0.510. The lowest BCUT2D eigenvalue weighted by Gasteiger charge is -2.38. The highest BCUT2D eigenvalue weighted by molar-refractivity contribution is 7.99. The Labute approximate surface area is 132 Å². The third-order valence-corrected chi connectivity index (χ3v) is 6.71. The first kappa shape index (κ1) is 14.1. The van der Waals surface area contributed by atoms with Gasteiger partial charge < -0.3 is 10.2 Å². The van der Waals surface area contributed by atoms with Gasteiger partial charge in [-0.2, -0.15) is 0 Å². The van der Waals surface area contributed by atoms with E-state index >= 15 is 0 Å². The largest absolute Gasteiger partial charge is 0.307 e. The van der Waals surface area contributed by atoms with Crippen LogP contribution >= 0.6 is 11.8 Å². The van der Waals surface area contributed by atoms with E-state index in [-0.39, 0.29) is 0 Å². The molecule has 1 aromatic carbocycles. The van der Waals surface area contributed by atoms with E-state index in [4.69, 9.17) is 0 Å². The van der Waals surface area contributed by atoms with Gasteiger partial charge in [-0.15, -0.1) is 11.8 Å². The van der Waals surface area contributed by atoms with Gasteiger partial charge in [0.15, 0.2) is 0 Å². The molecule has 3 heteroatoms. The summed E-state index contributed by atoms with van der Waals surface area (Å²) in [6.07, 6.45) is 5.55. The highest BCUT2D eigenvalue weighted by Gasteiger charge is 2.34. The van der Waals surface area contributed by atoms with Crippen LogP contribution in [-0.4, -0.2) is 35.8 Å². The second kappa shape index (κ2) is 5.94. The molecule has 2 atom stereocenters. The molecule has 2 heterocycles. The summed E-state index contributed by atoms with van der Waals surface area (Å²) >= 11 is 2.03. The number of nitrogens with one attached hydrogen (secondary N) is 1. The number of nitrogens with zero attached hydrogens (tertiary/aromatic N) is 1. The second-order valence-electron chi connectivity index (χ2n) is 7.01. The molecular weight excluding hydrogens is 276 g/mol. The predicted molar refractivity (Wildman–Crippen MR) is 89.8 cm³/mol. The van der Waals surface area contributed by atoms with Crippen molar-refractivity contribution in [3.63, 3.8) is 0 Å². The number of piperidine rings is 1. The van der Waals surface area contributed by atoms with Gasteiger partial charge in [0.25, 0.3) is 0 Å². The summed E-state index contributed by atoms with van der Waals surface area (Å²) in [7, 11) is 0. The Morgan fingerprint density at radius 1 is 1.10 bits per heavy atom. The van der Waals surface area contributed by atoms with Gasteiger partial charge in [0, 0.05) is 28.8 Å². The third kappa shape index (κ3) is 3.01. The number of hydrogen-bond donors (Lipinski definition) is 1. The predicted octanol–water partition coefficient (Wildman–Crippen LogP) is 3.69. The molecule has 1 aliphatic carbocycles. The topological polar surface area (TPSA) is 15.3 Å². The average molecular weight is 302 g/mol. The Morgan fingerprint density at radius 3 is 2.62 bits per heavy atom. The molecule has 2 nitrogen and oxygen atoms in total. The first-order valence-corrected chi connectivity index (χ1v) is 9.51. The van der Waals surface area contributed by atoms with Crippen molar-refractivity contribution in [1.29, 1.82) is 0 Å². The summed E-state index contributed by atoms with van der Waals surface area (Å²) in [6.45, 7) is 5.01. The summed E-state index contributed by atoms with van der Waals surface area (Å²) < 4.78 is 0. The molecule has 0 unspecified atom stereocenters. The van der Waals surface area contributed by atoms with Gasteiger partial charge in [0.1, 0.15) is 0 Å². The lowest BCUT2D eigenvalue weighted by molar-refractivity contribution is 0.176. The number of benzene rings is 1. The molecule has 1 saturated carbocycles. The normalized spacial score (nSPS) is 31.1. The number of likely N-dealkylation sites (tertiary alicyclic amines) is 1. The Morgan fingerprint density at radius 2 is 1.86 bits per heavy atom. The molecule has 0 spiro atoms. The van der Waals surface area contributed by atoms with Crippen molar-refractivity contribution in [1.82, 2.24) is 10.2 Å². The monoisotopic (exact) mass is 302 g/mol. The van der Waals surface area contributed by atoms with E-state index in [0.29, 0.717) is 12.1 Å². The van der Waals surface area contributed by atoms with Crippen molar-refractivity contribution >= 4 is 11.8 Å². The highest BCUT2D eigenvalue weighted by Crippen LogP contribution is 2.40. The van der Waals surface area contributed by atoms with Crippen LogP contribution in [0, 0.1) is 5.92 Å². The fourth-order valence-corrected chi connectivity index (χ4v) is 5.04. The van der Waals surface area contributed by atoms with Crippen molar-refractivity contribution in [2.75, 3.05) is 18.8 Å². The van der Waals surface area contributed by atoms with Gasteiger partial charge in [0.05, 0.1) is 0 Å². The molecule has 3 aliphatic rings. The summed E-state index contributed by atoms with van der Waals surface area (Å²) in [6, 6.07) is 11.2. The van der Waals surface area contributed by atoms with Crippen LogP contribution in [0.4, 0.5) is 0 Å². The summed E-state index contributed by atoms with van der Waals surface area (Å²) in [5.74, 6) is 1.97. The lowest BCUT2D eigenvalue weighted by Crippen LogP contribution is -2.46. The summed E-state index contributed by atoms with van der Waals surface area (Å²) in [5.41, 5.74) is 1.53. The second-order valence-corrected chi connectivity index (χ2v) is 8.07. The van der Waals surface area contributed by atoms with E-state index < -0.39 is 0 Å². The molecule has 0 amide bonds. The summed E-state index contributed by atoms with van der Waals surface area (Å²) in [5, 5.41) is 4.00. The fourth-order valence-electron chi connectivity index (χ4n) is 3.87. The van der Waals surface area contributed by atoms with E-state index in [1.807, 2.05) is 11.8 Å². The molecule has 1 aromatic rings. The maximum atomic E-state index is 4.00. The molecule has 0 aromatic heterocycles. The van der Waals surface area contributed by atoms with E-state index in [9.17, 15) is 0 Å². The van der Waals surface area contributed by atoms with Crippen LogP contribution in [0.5, 0.6) is 0 Å². The standard InChI is InChI=1S/C18H26N2S/c1-13-12-21-17-5-3-2-4-16(17)18(13)19-14-8-10-20(11-9-14)15-6-7-15/h2-5,13-15,18-19H,6-12H2,1H3/t13-,18+/m0/s1. The molecule has 114 valence electrons. The van der Waals surface area contributed by atoms with Crippen LogP contribution in [0.25, 0.3) is 0 Å². The molecule has 21 heavy (non-hydrogen) atoms. The highest BCUT2D eigenvalue weighted by atomic mass is 32.2. The van der Waals surface area contributed by atoms with Gasteiger partial charge in [-0.3, -0.25) is 0 Å². The molecule has 0 radical (unpaired) electrons. The zero-order chi connectivity index (χ0) is 14.2. The SMILES string of the molecule is C[C@H]1CSc2ccccc2[C@@H]1NC1CCN(C2CC2)CC1. The molecule has 1 N–H and O–H groups in total. The maximum absolute atomic E-state index is 4.00. The smallest absolute Gasteiger partial charge is 0.0367 e. The first-order chi connectivity index (χ1) is 10.3. The van der Waals surface area contributed by atoms with Gasteiger partial charge >= 0.3 is 0 Å². The number of rotatable bonds is 3. The van der Waals surface area contributed by atoms with Crippen molar-refractivity contribution < 1.29 is 0 Å². The van der Waals surface area contributed by atoms with Crippen LogP contribution in [-0.2, 0) is 0 Å². The van der Waals surface area contributed by atoms with E-state index in [2.05, 4.69) is 41.4 Å². The third-order valence-electron chi connectivity index (χ3n) is 5.33. The van der Waals surface area contributed by atoms with Gasteiger partial charge in [0.2, 0.25) is 0 Å². The van der Waals surface area contributed by atoms with Crippen molar-refractivity contribution in [2.45, 2.75) is 55.6 Å². The van der Waals surface area contributed by atoms with Crippen LogP contribution < -0.4 is 5.32 Å². The van der Waals surface area contributed by atoms with Crippen LogP contribution in [0.3, 0.4) is 0 Å². The number of fused-ring (bicyclic) bond motifs is 1. The molecule has 1 saturated heterocycles. The van der Waals surface area contributed by atoms with E-state index in [1.54, 1.807) is 0 Å². The van der Waals surface area contributed by atoms with Crippen molar-refractivity contribution in [2.24, 2.45) is 5.92 Å². The van der Waals surface area contributed by atoms with Gasteiger partial charge in [-0.05, 0) is 56.3 Å². The quantitative estimate of drug-likeness (QED) is 0.917. The molecular formula is C18H26N2S. The fraction of sp³-hybridized carbons (Fsp3) is 0.667. The minimum Gasteiger partial charge on any atom is -0.307 e. The molecule has 2 fully saturated rings. The molecule has 2 aliphatic heterocycles. The Bertz CT molecular complexity index is 492. The Kier molecular flexibility index (Phi) is 3.99. The Balaban J connectivity index is 1.42. The van der Waals surface area contributed by atoms with Crippen LogP contribution in [0.15, 0.2) is 29.2 Å². The number of hydrogen-bond acceptors (Lipinski definition) is 3. The zero-order valence-corrected chi connectivity index (χ0v) is 13.7. The minimum absolute atomic E-state index is 0.555. The molecule has 0 bridgehead atoms. The van der Waals surface area contributed by atoms with Crippen LogP contribution in [0.2, 0.25) is 0 Å². The molecule has 4 rings (SSSR count). The van der Waals surface area contributed by atoms with E-state index in [0.717, 1.165) is 12.0 Å². The van der Waals surface area contributed by atoms with E-state index in [1.165, 1.54) is 55.0 Å². The van der Waals surface area contributed by atoms with Crippen molar-refractivity contribution in [3.8, 4) is 0 Å². The lowest BCUT2D eigenvalue weighted by atomic mass is 9.92. The zero-order valence-electron chi connectivity index (χ0n) is 12.9. The van der Waals surface area contributed by atoms with Gasteiger partial charge in [-0.1, -0.05) is 25.1 Å². The average Bonchev–Trinajstić information content (AvgIpc) is 3.36. The van der Waals surface area contributed by atoms with Crippen LogP contribution in [0.1, 0.15) is 44.2 Å². The minimum atomic E-state index is 0.555. The first-order valence-electron chi connectivity index (χ1n) is 8.53. The summed E-state index contributed by atoms with van der Waals surface area (Å²) in [4.78, 5) is 4.20. The van der Waals surface area contributed by atoms with Gasteiger partial charge in [-0.25, -0.2) is 0 Å². The number of thioether (sulfide) groups is 1.